The second-order valence-corrected chi connectivity index (χ2v) is 10.6. The van der Waals surface area contributed by atoms with Crippen LogP contribution >= 0.6 is 0 Å². The van der Waals surface area contributed by atoms with Crippen LogP contribution in [0.25, 0.3) is 0 Å². The number of unbranched alkanes of at least 4 members (excludes halogenated alkanes) is 1. The van der Waals surface area contributed by atoms with E-state index in [2.05, 4.69) is 16.9 Å². The SMILES string of the molecule is CCC(=O)C1CCC(C(=O)CCCCn2nc(CC)c3c2CC2(CCOCC2)CNC3=O)CC1. The molecule has 1 N–H and O–H groups in total. The number of amides is 1. The van der Waals surface area contributed by atoms with Crippen molar-refractivity contribution >= 4 is 17.5 Å². The summed E-state index contributed by atoms with van der Waals surface area (Å²) in [6.45, 7) is 6.92. The fourth-order valence-electron chi connectivity index (χ4n) is 6.15. The first-order valence-corrected chi connectivity index (χ1v) is 13.5. The largest absolute Gasteiger partial charge is 0.381 e. The number of rotatable bonds is 9. The summed E-state index contributed by atoms with van der Waals surface area (Å²) < 4.78 is 7.66. The third-order valence-electron chi connectivity index (χ3n) is 8.44. The molecule has 0 unspecified atom stereocenters. The second kappa shape index (κ2) is 11.1. The number of carbonyl (C=O) groups excluding carboxylic acids is 3. The zero-order chi connectivity index (χ0) is 24.1. The molecular weight excluding hydrogens is 430 g/mol. The van der Waals surface area contributed by atoms with E-state index >= 15 is 0 Å². The number of aromatic nitrogens is 2. The summed E-state index contributed by atoms with van der Waals surface area (Å²) in [5.41, 5.74) is 2.78. The van der Waals surface area contributed by atoms with Crippen molar-refractivity contribution in [3.63, 3.8) is 0 Å². The van der Waals surface area contributed by atoms with Crippen LogP contribution in [0.2, 0.25) is 0 Å². The van der Waals surface area contributed by atoms with Gasteiger partial charge in [-0.2, -0.15) is 5.10 Å². The smallest absolute Gasteiger partial charge is 0.255 e. The zero-order valence-corrected chi connectivity index (χ0v) is 21.0. The Hall–Kier alpha value is -2.02. The van der Waals surface area contributed by atoms with Crippen LogP contribution < -0.4 is 5.32 Å². The highest BCUT2D eigenvalue weighted by Gasteiger charge is 2.39. The molecule has 1 saturated heterocycles. The number of ether oxygens (including phenoxy) is 1. The van der Waals surface area contributed by atoms with Gasteiger partial charge in [-0.1, -0.05) is 13.8 Å². The third kappa shape index (κ3) is 5.45. The van der Waals surface area contributed by atoms with Gasteiger partial charge in [-0.15, -0.1) is 0 Å². The predicted molar refractivity (Wildman–Crippen MR) is 130 cm³/mol. The molecule has 1 saturated carbocycles. The molecule has 34 heavy (non-hydrogen) atoms. The molecule has 3 aliphatic rings. The van der Waals surface area contributed by atoms with Crippen molar-refractivity contribution in [3.8, 4) is 0 Å². The van der Waals surface area contributed by atoms with Crippen molar-refractivity contribution in [1.82, 2.24) is 15.1 Å². The van der Waals surface area contributed by atoms with E-state index in [0.717, 1.165) is 101 Å². The molecule has 0 radical (unpaired) electrons. The Morgan fingerprint density at radius 3 is 2.38 bits per heavy atom. The lowest BCUT2D eigenvalue weighted by Gasteiger charge is -2.36. The highest BCUT2D eigenvalue weighted by atomic mass is 16.5. The number of hydrogen-bond acceptors (Lipinski definition) is 5. The lowest BCUT2D eigenvalue weighted by atomic mass is 9.76. The van der Waals surface area contributed by atoms with Crippen LogP contribution in [0.3, 0.4) is 0 Å². The first-order valence-electron chi connectivity index (χ1n) is 13.5. The molecule has 7 nitrogen and oxygen atoms in total. The summed E-state index contributed by atoms with van der Waals surface area (Å²) in [5.74, 6) is 1.02. The average molecular weight is 472 g/mol. The fraction of sp³-hybridized carbons (Fsp3) is 0.778. The first kappa shape index (κ1) is 25.1. The minimum Gasteiger partial charge on any atom is -0.381 e. The number of Topliss-reactive ketones (excluding diaryl/α,β-unsaturated/α-hetero) is 2. The van der Waals surface area contributed by atoms with E-state index in [4.69, 9.17) is 9.84 Å². The van der Waals surface area contributed by atoms with Crippen molar-refractivity contribution in [2.45, 2.75) is 97.4 Å². The van der Waals surface area contributed by atoms with Gasteiger partial charge in [0, 0.05) is 51.0 Å². The van der Waals surface area contributed by atoms with E-state index < -0.39 is 0 Å². The molecule has 4 rings (SSSR count). The van der Waals surface area contributed by atoms with Crippen LogP contribution in [-0.2, 0) is 33.7 Å². The Labute approximate surface area is 203 Å². The molecule has 2 fully saturated rings. The van der Waals surface area contributed by atoms with Crippen LogP contribution in [0.4, 0.5) is 0 Å². The van der Waals surface area contributed by atoms with Gasteiger partial charge in [0.05, 0.1) is 17.0 Å². The molecule has 7 heteroatoms. The summed E-state index contributed by atoms with van der Waals surface area (Å²) in [4.78, 5) is 37.6. The van der Waals surface area contributed by atoms with Crippen LogP contribution in [0.15, 0.2) is 0 Å². The average Bonchev–Trinajstić information content (AvgIpc) is 3.15. The standard InChI is InChI=1S/C27H41N3O4/c1-3-21-25-22(17-27(18-28-26(25)33)12-15-34-16-13-27)30(29-21)14-6-5-7-24(32)20-10-8-19(9-11-20)23(31)4-2/h19-20H,3-18H2,1-2H3,(H,28,33). The summed E-state index contributed by atoms with van der Waals surface area (Å²) in [7, 11) is 0. The van der Waals surface area contributed by atoms with Crippen molar-refractivity contribution in [2.75, 3.05) is 19.8 Å². The van der Waals surface area contributed by atoms with E-state index in [0.29, 0.717) is 31.0 Å². The molecule has 0 aromatic carbocycles. The molecule has 0 atom stereocenters. The number of aryl methyl sites for hydroxylation is 2. The predicted octanol–water partition coefficient (Wildman–Crippen LogP) is 4.05. The first-order chi connectivity index (χ1) is 16.5. The lowest BCUT2D eigenvalue weighted by molar-refractivity contribution is -0.128. The highest BCUT2D eigenvalue weighted by Crippen LogP contribution is 2.37. The topological polar surface area (TPSA) is 90.3 Å². The Bertz CT molecular complexity index is 892. The molecule has 1 amide bonds. The number of nitrogens with zero attached hydrogens (tertiary/aromatic N) is 2. The molecule has 1 aromatic rings. The second-order valence-electron chi connectivity index (χ2n) is 10.6. The van der Waals surface area contributed by atoms with Crippen LogP contribution in [0, 0.1) is 17.3 Å². The minimum absolute atomic E-state index is 0.00815. The number of nitrogens with one attached hydrogen (secondary N) is 1. The van der Waals surface area contributed by atoms with Gasteiger partial charge in [-0.25, -0.2) is 0 Å². The summed E-state index contributed by atoms with van der Waals surface area (Å²) in [6.07, 6.45) is 9.91. The number of fused-ring (bicyclic) bond motifs is 1. The molecule has 3 heterocycles. The maximum atomic E-state index is 12.9. The third-order valence-corrected chi connectivity index (χ3v) is 8.44. The maximum absolute atomic E-state index is 12.9. The quantitative estimate of drug-likeness (QED) is 0.549. The summed E-state index contributed by atoms with van der Waals surface area (Å²) >= 11 is 0. The van der Waals surface area contributed by atoms with Crippen molar-refractivity contribution in [3.05, 3.63) is 17.0 Å². The molecule has 0 bridgehead atoms. The normalized spacial score (nSPS) is 24.4. The fourth-order valence-corrected chi connectivity index (χ4v) is 6.15. The maximum Gasteiger partial charge on any atom is 0.255 e. The van der Waals surface area contributed by atoms with E-state index in [1.54, 1.807) is 0 Å². The minimum atomic E-state index is 0.00815. The van der Waals surface area contributed by atoms with E-state index in [-0.39, 0.29) is 23.2 Å². The van der Waals surface area contributed by atoms with Gasteiger partial charge in [0.15, 0.2) is 0 Å². The van der Waals surface area contributed by atoms with Crippen LogP contribution in [0.1, 0.15) is 99.8 Å². The van der Waals surface area contributed by atoms with E-state index in [1.165, 1.54) is 0 Å². The summed E-state index contributed by atoms with van der Waals surface area (Å²) in [6, 6.07) is 0. The Morgan fingerprint density at radius 2 is 1.74 bits per heavy atom. The molecule has 1 spiro atoms. The molecule has 2 aliphatic heterocycles. The van der Waals surface area contributed by atoms with Crippen LogP contribution in [0.5, 0.6) is 0 Å². The van der Waals surface area contributed by atoms with Gasteiger partial charge >= 0.3 is 0 Å². The Kier molecular flexibility index (Phi) is 8.22. The van der Waals surface area contributed by atoms with Crippen LogP contribution in [-0.4, -0.2) is 47.0 Å². The van der Waals surface area contributed by atoms with Crippen molar-refractivity contribution in [2.24, 2.45) is 17.3 Å². The number of ketones is 2. The molecule has 188 valence electrons. The monoisotopic (exact) mass is 471 g/mol. The van der Waals surface area contributed by atoms with Crippen molar-refractivity contribution < 1.29 is 19.1 Å². The molecule has 1 aliphatic carbocycles. The van der Waals surface area contributed by atoms with Gasteiger partial charge in [-0.05, 0) is 69.6 Å². The number of carbonyl (C=O) groups is 3. The lowest BCUT2D eigenvalue weighted by Crippen LogP contribution is -2.40. The molecule has 1 aromatic heterocycles. The molecular formula is C27H41N3O4. The Balaban J connectivity index is 1.34. The van der Waals surface area contributed by atoms with Gasteiger partial charge in [0.1, 0.15) is 11.6 Å². The summed E-state index contributed by atoms with van der Waals surface area (Å²) in [5, 5.41) is 8.00. The van der Waals surface area contributed by atoms with Gasteiger partial charge < -0.3 is 10.1 Å². The van der Waals surface area contributed by atoms with Crippen molar-refractivity contribution in [1.29, 1.82) is 0 Å². The van der Waals surface area contributed by atoms with Gasteiger partial charge in [0.25, 0.3) is 5.91 Å². The van der Waals surface area contributed by atoms with E-state index in [9.17, 15) is 14.4 Å². The Morgan fingerprint density at radius 1 is 1.06 bits per heavy atom. The van der Waals surface area contributed by atoms with Gasteiger partial charge in [-0.3, -0.25) is 19.1 Å². The number of hydrogen-bond donors (Lipinski definition) is 1. The highest BCUT2D eigenvalue weighted by molar-refractivity contribution is 5.97. The van der Waals surface area contributed by atoms with Gasteiger partial charge in [0.2, 0.25) is 0 Å². The van der Waals surface area contributed by atoms with E-state index in [1.807, 2.05) is 6.92 Å². The zero-order valence-electron chi connectivity index (χ0n) is 21.0.